The first-order valence-electron chi connectivity index (χ1n) is 5.36. The molecule has 0 heterocycles. The standard InChI is InChI=1S/C14H16O3/c1-2-3-9-14(13(16)10-15)17-11-12-7-5-4-6-8-12/h2-10,13-14,16H,1,11H2/b9-3+/t13-,14+/m0/s1. The molecule has 0 aliphatic carbocycles. The lowest BCUT2D eigenvalue weighted by Crippen LogP contribution is -2.28. The van der Waals surface area contributed by atoms with E-state index in [9.17, 15) is 9.90 Å². The second-order valence-electron chi connectivity index (χ2n) is 3.51. The average molecular weight is 232 g/mol. The molecule has 0 radical (unpaired) electrons. The van der Waals surface area contributed by atoms with Crippen molar-refractivity contribution >= 4 is 6.29 Å². The van der Waals surface area contributed by atoms with Crippen molar-refractivity contribution in [3.63, 3.8) is 0 Å². The van der Waals surface area contributed by atoms with Crippen molar-refractivity contribution in [1.82, 2.24) is 0 Å². The fraction of sp³-hybridized carbons (Fsp3) is 0.214. The van der Waals surface area contributed by atoms with Crippen LogP contribution in [0.1, 0.15) is 5.56 Å². The molecule has 0 unspecified atom stereocenters. The number of hydrogen-bond acceptors (Lipinski definition) is 3. The minimum atomic E-state index is -1.16. The number of aliphatic hydroxyl groups excluding tert-OH is 1. The molecule has 3 heteroatoms. The highest BCUT2D eigenvalue weighted by atomic mass is 16.5. The number of carbonyl (C=O) groups excluding carboxylic acids is 1. The van der Waals surface area contributed by atoms with Crippen LogP contribution in [0.15, 0.2) is 55.1 Å². The second-order valence-corrected chi connectivity index (χ2v) is 3.51. The number of benzene rings is 1. The maximum Gasteiger partial charge on any atom is 0.151 e. The summed E-state index contributed by atoms with van der Waals surface area (Å²) >= 11 is 0. The first-order chi connectivity index (χ1) is 8.27. The molecule has 1 aromatic carbocycles. The number of ether oxygens (including phenoxy) is 1. The van der Waals surface area contributed by atoms with Gasteiger partial charge in [-0.2, -0.15) is 0 Å². The maximum atomic E-state index is 10.5. The van der Waals surface area contributed by atoms with Crippen LogP contribution >= 0.6 is 0 Å². The van der Waals surface area contributed by atoms with Gasteiger partial charge in [-0.25, -0.2) is 0 Å². The third kappa shape index (κ3) is 4.76. The molecule has 3 nitrogen and oxygen atoms in total. The van der Waals surface area contributed by atoms with Crippen LogP contribution in [0.3, 0.4) is 0 Å². The summed E-state index contributed by atoms with van der Waals surface area (Å²) in [6.45, 7) is 3.87. The Hall–Kier alpha value is -1.71. The molecule has 0 fully saturated rings. The Morgan fingerprint density at radius 2 is 2.06 bits per heavy atom. The van der Waals surface area contributed by atoms with Gasteiger partial charge in [-0.15, -0.1) is 0 Å². The first-order valence-corrected chi connectivity index (χ1v) is 5.36. The summed E-state index contributed by atoms with van der Waals surface area (Å²) in [5.41, 5.74) is 0.989. The van der Waals surface area contributed by atoms with Crippen LogP contribution in [0.2, 0.25) is 0 Å². The van der Waals surface area contributed by atoms with Gasteiger partial charge >= 0.3 is 0 Å². The lowest BCUT2D eigenvalue weighted by atomic mass is 10.2. The van der Waals surface area contributed by atoms with Gasteiger partial charge in [-0.3, -0.25) is 0 Å². The van der Waals surface area contributed by atoms with Gasteiger partial charge in [0.2, 0.25) is 0 Å². The fourth-order valence-corrected chi connectivity index (χ4v) is 1.30. The summed E-state index contributed by atoms with van der Waals surface area (Å²) in [6, 6.07) is 9.56. The highest BCUT2D eigenvalue weighted by Crippen LogP contribution is 2.07. The van der Waals surface area contributed by atoms with Crippen LogP contribution < -0.4 is 0 Å². The lowest BCUT2D eigenvalue weighted by Gasteiger charge is -2.16. The van der Waals surface area contributed by atoms with Crippen LogP contribution in [0.5, 0.6) is 0 Å². The normalized spacial score (nSPS) is 14.4. The molecule has 1 rings (SSSR count). The van der Waals surface area contributed by atoms with Gasteiger partial charge < -0.3 is 14.6 Å². The summed E-state index contributed by atoms with van der Waals surface area (Å²) < 4.78 is 5.47. The SMILES string of the molecule is C=C/C=C/[C@@H](OCc1ccccc1)[C@@H](O)C=O. The molecule has 90 valence electrons. The third-order valence-corrected chi connectivity index (χ3v) is 2.20. The van der Waals surface area contributed by atoms with Gasteiger partial charge in [-0.05, 0) is 5.56 Å². The molecule has 0 saturated heterocycles. The summed E-state index contributed by atoms with van der Waals surface area (Å²) in [5, 5.41) is 9.44. The Morgan fingerprint density at radius 1 is 1.35 bits per heavy atom. The van der Waals surface area contributed by atoms with E-state index in [1.807, 2.05) is 30.3 Å². The number of allylic oxidation sites excluding steroid dienone is 2. The molecule has 0 aromatic heterocycles. The zero-order valence-corrected chi connectivity index (χ0v) is 9.53. The molecule has 0 aliphatic rings. The van der Waals surface area contributed by atoms with Crippen LogP contribution in [0, 0.1) is 0 Å². The maximum absolute atomic E-state index is 10.5. The Balaban J connectivity index is 2.57. The number of hydrogen-bond donors (Lipinski definition) is 1. The van der Waals surface area contributed by atoms with E-state index in [1.54, 1.807) is 18.2 Å². The Morgan fingerprint density at radius 3 is 2.65 bits per heavy atom. The van der Waals surface area contributed by atoms with Crippen molar-refractivity contribution in [2.75, 3.05) is 0 Å². The van der Waals surface area contributed by atoms with Crippen molar-refractivity contribution in [1.29, 1.82) is 0 Å². The van der Waals surface area contributed by atoms with Crippen molar-refractivity contribution in [3.05, 3.63) is 60.7 Å². The van der Waals surface area contributed by atoms with Gasteiger partial charge in [0.25, 0.3) is 0 Å². The molecule has 1 N–H and O–H groups in total. The van der Waals surface area contributed by atoms with E-state index < -0.39 is 12.2 Å². The molecule has 0 saturated carbocycles. The van der Waals surface area contributed by atoms with Gasteiger partial charge in [-0.1, -0.05) is 55.1 Å². The van der Waals surface area contributed by atoms with E-state index in [-0.39, 0.29) is 0 Å². The lowest BCUT2D eigenvalue weighted by molar-refractivity contribution is -0.121. The molecule has 0 spiro atoms. The predicted molar refractivity (Wildman–Crippen MR) is 66.4 cm³/mol. The van der Waals surface area contributed by atoms with E-state index in [0.29, 0.717) is 12.9 Å². The molecule has 17 heavy (non-hydrogen) atoms. The van der Waals surface area contributed by atoms with E-state index in [4.69, 9.17) is 4.74 Å². The minimum absolute atomic E-state index is 0.345. The van der Waals surface area contributed by atoms with Gasteiger partial charge in [0.05, 0.1) is 6.61 Å². The van der Waals surface area contributed by atoms with E-state index >= 15 is 0 Å². The van der Waals surface area contributed by atoms with Gasteiger partial charge in [0, 0.05) is 0 Å². The smallest absolute Gasteiger partial charge is 0.151 e. The monoisotopic (exact) mass is 232 g/mol. The van der Waals surface area contributed by atoms with Crippen LogP contribution in [-0.2, 0) is 16.1 Å². The quantitative estimate of drug-likeness (QED) is 0.576. The third-order valence-electron chi connectivity index (χ3n) is 2.20. The predicted octanol–water partition coefficient (Wildman–Crippen LogP) is 1.87. The van der Waals surface area contributed by atoms with E-state index in [2.05, 4.69) is 6.58 Å². The second kappa shape index (κ2) is 7.54. The highest BCUT2D eigenvalue weighted by Gasteiger charge is 2.15. The molecule has 2 atom stereocenters. The zero-order valence-electron chi connectivity index (χ0n) is 9.53. The number of rotatable bonds is 7. The molecule has 0 aliphatic heterocycles. The van der Waals surface area contributed by atoms with Crippen molar-refractivity contribution in [2.24, 2.45) is 0 Å². The molecule has 0 bridgehead atoms. The van der Waals surface area contributed by atoms with Crippen LogP contribution in [0.4, 0.5) is 0 Å². The number of aldehydes is 1. The van der Waals surface area contributed by atoms with Crippen molar-refractivity contribution in [2.45, 2.75) is 18.8 Å². The molecular formula is C14H16O3. The zero-order chi connectivity index (χ0) is 12.5. The molecule has 1 aromatic rings. The first kappa shape index (κ1) is 13.4. The van der Waals surface area contributed by atoms with Gasteiger partial charge in [0.15, 0.2) is 6.29 Å². The summed E-state index contributed by atoms with van der Waals surface area (Å²) in [7, 11) is 0. The fourth-order valence-electron chi connectivity index (χ4n) is 1.30. The summed E-state index contributed by atoms with van der Waals surface area (Å²) in [4.78, 5) is 10.5. The number of carbonyl (C=O) groups is 1. The van der Waals surface area contributed by atoms with E-state index in [0.717, 1.165) is 5.56 Å². The largest absolute Gasteiger partial charge is 0.383 e. The average Bonchev–Trinajstić information content (AvgIpc) is 2.39. The Kier molecular flexibility index (Phi) is 5.93. The van der Waals surface area contributed by atoms with Gasteiger partial charge in [0.1, 0.15) is 12.2 Å². The molecular weight excluding hydrogens is 216 g/mol. The summed E-state index contributed by atoms with van der Waals surface area (Å²) in [5.74, 6) is 0. The van der Waals surface area contributed by atoms with E-state index in [1.165, 1.54) is 0 Å². The topological polar surface area (TPSA) is 46.5 Å². The minimum Gasteiger partial charge on any atom is -0.383 e. The molecule has 0 amide bonds. The van der Waals surface area contributed by atoms with Crippen LogP contribution in [0.25, 0.3) is 0 Å². The highest BCUT2D eigenvalue weighted by molar-refractivity contribution is 5.57. The Bertz CT molecular complexity index is 370. The van der Waals surface area contributed by atoms with Crippen molar-refractivity contribution < 1.29 is 14.6 Å². The Labute approximate surface area is 101 Å². The van der Waals surface area contributed by atoms with Crippen molar-refractivity contribution in [3.8, 4) is 0 Å². The van der Waals surface area contributed by atoms with Crippen LogP contribution in [-0.4, -0.2) is 23.6 Å². The number of aliphatic hydroxyl groups is 1. The summed E-state index contributed by atoms with van der Waals surface area (Å²) in [6.07, 6.45) is 3.47.